The Morgan fingerprint density at radius 1 is 0.762 bits per heavy atom. The summed E-state index contributed by atoms with van der Waals surface area (Å²) in [5, 5.41) is 0. The number of unbranched alkanes of at least 4 members (excludes halogenated alkanes) is 7. The Morgan fingerprint density at radius 2 is 1.24 bits per heavy atom. The van der Waals surface area contributed by atoms with E-state index in [2.05, 4.69) is 13.8 Å². The summed E-state index contributed by atoms with van der Waals surface area (Å²) in [4.78, 5) is 0. The van der Waals surface area contributed by atoms with E-state index in [0.29, 0.717) is 13.2 Å². The Morgan fingerprint density at radius 3 is 1.71 bits per heavy atom. The van der Waals surface area contributed by atoms with Crippen molar-refractivity contribution >= 4 is 8.80 Å². The number of hydrogen-bond donors (Lipinski definition) is 0. The Hall–Kier alpha value is 0.0969. The zero-order valence-electron chi connectivity index (χ0n) is 15.1. The minimum absolute atomic E-state index is 0.236. The van der Waals surface area contributed by atoms with E-state index >= 15 is 0 Å². The highest BCUT2D eigenvalue weighted by atomic mass is 28.4. The van der Waals surface area contributed by atoms with Crippen LogP contribution < -0.4 is 0 Å². The molecule has 0 rings (SSSR count). The molecule has 1 unspecified atom stereocenters. The van der Waals surface area contributed by atoms with Crippen LogP contribution >= 0.6 is 0 Å². The minimum Gasteiger partial charge on any atom is -0.374 e. The van der Waals surface area contributed by atoms with Crippen LogP contribution in [0.4, 0.5) is 0 Å². The monoisotopic (exact) mass is 318 g/mol. The molecular weight excluding hydrogens is 280 g/mol. The molecule has 21 heavy (non-hydrogen) atoms. The number of hydrogen-bond acceptors (Lipinski definition) is 3. The van der Waals surface area contributed by atoms with Crippen molar-refractivity contribution in [1.29, 1.82) is 0 Å². The average Bonchev–Trinajstić information content (AvgIpc) is 2.42. The fourth-order valence-corrected chi connectivity index (χ4v) is 4.74. The lowest BCUT2D eigenvalue weighted by atomic mass is 10.1. The van der Waals surface area contributed by atoms with Crippen LogP contribution in [0.25, 0.3) is 0 Å². The second-order valence-electron chi connectivity index (χ2n) is 5.92. The zero-order chi connectivity index (χ0) is 16.0. The second kappa shape index (κ2) is 13.7. The molecule has 0 radical (unpaired) electrons. The molecular formula is C17H38O3Si. The maximum atomic E-state index is 6.07. The predicted molar refractivity (Wildman–Crippen MR) is 92.6 cm³/mol. The lowest BCUT2D eigenvalue weighted by Crippen LogP contribution is -2.45. The first-order chi connectivity index (χ1) is 10.1. The molecule has 0 bridgehead atoms. The van der Waals surface area contributed by atoms with Gasteiger partial charge in [0.1, 0.15) is 0 Å². The summed E-state index contributed by atoms with van der Waals surface area (Å²) in [6.45, 7) is 11.7. The second-order valence-corrected chi connectivity index (χ2v) is 8.46. The standard InChI is InChI=1S/C17H38O3Si/c1-6-9-10-11-12-13-14-15-16-17(4)20-21(5,18-7-2)19-8-3/h17H,6-16H2,1-5H3. The largest absolute Gasteiger partial charge is 0.497 e. The molecule has 0 aromatic heterocycles. The molecule has 0 fully saturated rings. The van der Waals surface area contributed by atoms with Crippen molar-refractivity contribution in [3.8, 4) is 0 Å². The molecule has 3 nitrogen and oxygen atoms in total. The summed E-state index contributed by atoms with van der Waals surface area (Å²) < 4.78 is 17.5. The van der Waals surface area contributed by atoms with Gasteiger partial charge in [0.2, 0.25) is 0 Å². The average molecular weight is 319 g/mol. The van der Waals surface area contributed by atoms with Crippen LogP contribution in [0.2, 0.25) is 6.55 Å². The van der Waals surface area contributed by atoms with Gasteiger partial charge in [0, 0.05) is 25.9 Å². The van der Waals surface area contributed by atoms with E-state index in [0.717, 1.165) is 6.42 Å². The van der Waals surface area contributed by atoms with Gasteiger partial charge in [-0.3, -0.25) is 0 Å². The highest BCUT2D eigenvalue weighted by Crippen LogP contribution is 2.17. The van der Waals surface area contributed by atoms with Gasteiger partial charge in [-0.2, -0.15) is 0 Å². The Labute approximate surface area is 134 Å². The maximum Gasteiger partial charge on any atom is 0.497 e. The highest BCUT2D eigenvalue weighted by molar-refractivity contribution is 6.59. The summed E-state index contributed by atoms with van der Waals surface area (Å²) in [6.07, 6.45) is 12.2. The summed E-state index contributed by atoms with van der Waals surface area (Å²) in [5.41, 5.74) is 0. The molecule has 0 aromatic rings. The summed E-state index contributed by atoms with van der Waals surface area (Å²) in [5.74, 6) is 0. The molecule has 0 heterocycles. The van der Waals surface area contributed by atoms with E-state index in [1.54, 1.807) is 0 Å². The van der Waals surface area contributed by atoms with Crippen molar-refractivity contribution in [1.82, 2.24) is 0 Å². The van der Waals surface area contributed by atoms with Crippen molar-refractivity contribution in [2.24, 2.45) is 0 Å². The van der Waals surface area contributed by atoms with E-state index in [9.17, 15) is 0 Å². The Balaban J connectivity index is 3.66. The van der Waals surface area contributed by atoms with E-state index in [1.165, 1.54) is 51.4 Å². The molecule has 4 heteroatoms. The van der Waals surface area contributed by atoms with Gasteiger partial charge in [-0.25, -0.2) is 0 Å². The zero-order valence-corrected chi connectivity index (χ0v) is 16.1. The quantitative estimate of drug-likeness (QED) is 0.292. The lowest BCUT2D eigenvalue weighted by Gasteiger charge is -2.28. The summed E-state index contributed by atoms with van der Waals surface area (Å²) in [7, 11) is -2.40. The molecule has 0 aliphatic rings. The van der Waals surface area contributed by atoms with Crippen molar-refractivity contribution in [2.45, 2.75) is 98.1 Å². The molecule has 0 aromatic carbocycles. The van der Waals surface area contributed by atoms with Gasteiger partial charge in [0.15, 0.2) is 0 Å². The Kier molecular flexibility index (Phi) is 13.8. The van der Waals surface area contributed by atoms with Gasteiger partial charge in [0.25, 0.3) is 0 Å². The third kappa shape index (κ3) is 12.3. The van der Waals surface area contributed by atoms with Crippen LogP contribution in [0, 0.1) is 0 Å². The van der Waals surface area contributed by atoms with E-state index in [1.807, 2.05) is 20.4 Å². The molecule has 0 saturated heterocycles. The van der Waals surface area contributed by atoms with Gasteiger partial charge in [-0.05, 0) is 27.2 Å². The van der Waals surface area contributed by atoms with Gasteiger partial charge in [-0.1, -0.05) is 58.3 Å². The predicted octanol–water partition coefficient (Wildman–Crippen LogP) is 5.56. The van der Waals surface area contributed by atoms with Crippen LogP contribution in [0.3, 0.4) is 0 Å². The van der Waals surface area contributed by atoms with Gasteiger partial charge < -0.3 is 13.3 Å². The molecule has 0 saturated carbocycles. The van der Waals surface area contributed by atoms with Crippen LogP contribution in [-0.4, -0.2) is 28.1 Å². The smallest absolute Gasteiger partial charge is 0.374 e. The Bertz CT molecular complexity index is 218. The maximum absolute atomic E-state index is 6.07. The van der Waals surface area contributed by atoms with Crippen molar-refractivity contribution in [3.63, 3.8) is 0 Å². The van der Waals surface area contributed by atoms with Crippen LogP contribution in [0.15, 0.2) is 0 Å². The molecule has 0 amide bonds. The lowest BCUT2D eigenvalue weighted by molar-refractivity contribution is 0.0407. The van der Waals surface area contributed by atoms with Gasteiger partial charge in [-0.15, -0.1) is 0 Å². The molecule has 0 spiro atoms. The fourth-order valence-electron chi connectivity index (χ4n) is 2.62. The third-order valence-corrected chi connectivity index (χ3v) is 6.15. The van der Waals surface area contributed by atoms with Gasteiger partial charge in [0.05, 0.1) is 0 Å². The fraction of sp³-hybridized carbons (Fsp3) is 1.00. The molecule has 0 aliphatic carbocycles. The van der Waals surface area contributed by atoms with Crippen molar-refractivity contribution < 1.29 is 13.3 Å². The minimum atomic E-state index is -2.40. The first-order valence-corrected chi connectivity index (χ1v) is 11.3. The molecule has 1 atom stereocenters. The van der Waals surface area contributed by atoms with Crippen LogP contribution in [0.1, 0.15) is 85.5 Å². The molecule has 128 valence electrons. The van der Waals surface area contributed by atoms with Crippen molar-refractivity contribution in [3.05, 3.63) is 0 Å². The first-order valence-electron chi connectivity index (χ1n) is 9.03. The topological polar surface area (TPSA) is 27.7 Å². The third-order valence-electron chi connectivity index (χ3n) is 3.69. The SMILES string of the molecule is CCCCCCCCCCC(C)O[Si](C)(OCC)OCC. The number of rotatable bonds is 15. The van der Waals surface area contributed by atoms with Crippen LogP contribution in [0.5, 0.6) is 0 Å². The van der Waals surface area contributed by atoms with Gasteiger partial charge >= 0.3 is 8.80 Å². The first kappa shape index (κ1) is 21.1. The van der Waals surface area contributed by atoms with E-state index in [4.69, 9.17) is 13.3 Å². The summed E-state index contributed by atoms with van der Waals surface area (Å²) in [6, 6.07) is 0. The van der Waals surface area contributed by atoms with Crippen LogP contribution in [-0.2, 0) is 13.3 Å². The molecule has 0 aliphatic heterocycles. The van der Waals surface area contributed by atoms with E-state index in [-0.39, 0.29) is 6.10 Å². The van der Waals surface area contributed by atoms with E-state index < -0.39 is 8.80 Å². The highest BCUT2D eigenvalue weighted by Gasteiger charge is 2.35. The summed E-state index contributed by atoms with van der Waals surface area (Å²) >= 11 is 0. The van der Waals surface area contributed by atoms with Crippen molar-refractivity contribution in [2.75, 3.05) is 13.2 Å². The normalized spacial score (nSPS) is 13.6. The molecule has 0 N–H and O–H groups in total.